The fraction of sp³-hybridized carbons (Fsp3) is 0.100. The molecular weight excluding hydrogens is 1650 g/mol. The number of ether oxygens (including phenoxy) is 4. The van der Waals surface area contributed by atoms with E-state index in [4.69, 9.17) is 65.4 Å². The van der Waals surface area contributed by atoms with Crippen molar-refractivity contribution >= 4 is 92.6 Å². The molecule has 0 fully saturated rings. The molecule has 0 N–H and O–H groups in total. The molecule has 0 aliphatic heterocycles. The third-order valence-electron chi connectivity index (χ3n) is 12.4. The maximum atomic E-state index is 11.8. The van der Waals surface area contributed by atoms with Gasteiger partial charge in [0.05, 0.1) is 28.4 Å². The first-order valence-corrected chi connectivity index (χ1v) is 31.8. The standard InChI is InChI=1S/4C15H12O2.2C8H10O3.2C2H4Cl2.2Dy/c4*16-14(12-7-3-1-4-8-12)11-15(17)13-9-5-2-6-10-13;2*1-10-6-4-3-5-7(11-2)8(6)9;2*3-1-2-4;;/h4*1-11,16H;2*3-5,9H,1-2H3;2*1-2H2;;/q;;;;;;;;2*+3/p-6/b4*14-11-;;;;;;. The summed E-state index contributed by atoms with van der Waals surface area (Å²) in [7, 11) is 5.82. The zero-order valence-corrected chi connectivity index (χ0v) is 61.6. The SMILES string of the molecule is COc1cccc(OC)c1[O-].COc1cccc(OC)c1[O-].ClCCCl.ClCCCl.O=C(/C=C(\[O-])c1ccccc1)c1ccccc1.O=C(/C=C(\[O-])c1ccccc1)c1ccccc1.O=C(/C=C(\[O-])c1ccccc1)c1ccccc1.O=C(/C=C(\[O-])c1ccccc1)c1ccccc1.[Dy+3].[Dy+3]. The van der Waals surface area contributed by atoms with Gasteiger partial charge < -0.3 is 49.6 Å². The largest absolute Gasteiger partial charge is 3.00 e. The number of allylic oxidation sites excluding steroid dienone is 4. The molecule has 0 unspecified atom stereocenters. The van der Waals surface area contributed by atoms with Crippen LogP contribution < -0.4 is 49.6 Å². The van der Waals surface area contributed by atoms with E-state index >= 15 is 0 Å². The Balaban J connectivity index is 0.000000589. The summed E-state index contributed by atoms with van der Waals surface area (Å²) in [6, 6.07) is 79.9. The van der Waals surface area contributed by atoms with Crippen LogP contribution in [-0.4, -0.2) is 75.1 Å². The summed E-state index contributed by atoms with van der Waals surface area (Å²) < 4.78 is 19.2. The third-order valence-corrected chi connectivity index (χ3v) is 13.6. The number of hydrogen-bond donors (Lipinski definition) is 0. The molecule has 0 atom stereocenters. The number of hydrogen-bond acceptors (Lipinski definition) is 14. The van der Waals surface area contributed by atoms with Crippen LogP contribution in [0.1, 0.15) is 63.7 Å². The molecule has 10 rings (SSSR count). The molecule has 20 heteroatoms. The van der Waals surface area contributed by atoms with Gasteiger partial charge in [-0.2, -0.15) is 0 Å². The Kier molecular flexibility index (Phi) is 48.7. The molecule has 2 radical (unpaired) electrons. The molecule has 0 aliphatic rings. The van der Waals surface area contributed by atoms with Crippen molar-refractivity contribution in [3.05, 3.63) is 348 Å². The van der Waals surface area contributed by atoms with Gasteiger partial charge in [0, 0.05) is 45.8 Å². The van der Waals surface area contributed by atoms with Crippen molar-refractivity contribution in [2.24, 2.45) is 0 Å². The Labute approximate surface area is 665 Å². The molecule has 0 amide bonds. The molecule has 522 valence electrons. The van der Waals surface area contributed by atoms with E-state index in [0.717, 1.165) is 24.3 Å². The summed E-state index contributed by atoms with van der Waals surface area (Å²) in [6.07, 6.45) is 4.52. The maximum absolute atomic E-state index is 11.8. The quantitative estimate of drug-likeness (QED) is 0.0336. The van der Waals surface area contributed by atoms with Gasteiger partial charge in [-0.1, -0.05) is 278 Å². The first-order chi connectivity index (χ1) is 47.5. The summed E-state index contributed by atoms with van der Waals surface area (Å²) in [5.74, 6) is 0.930. The minimum absolute atomic E-state index is 0. The van der Waals surface area contributed by atoms with E-state index in [1.807, 2.05) is 48.5 Å². The first kappa shape index (κ1) is 89.6. The van der Waals surface area contributed by atoms with Gasteiger partial charge in [0.25, 0.3) is 0 Å². The summed E-state index contributed by atoms with van der Waals surface area (Å²) in [5.41, 5.74) is 4.20. The van der Waals surface area contributed by atoms with Gasteiger partial charge in [-0.3, -0.25) is 19.2 Å². The van der Waals surface area contributed by atoms with Crippen LogP contribution >= 0.6 is 46.4 Å². The fourth-order valence-corrected chi connectivity index (χ4v) is 7.60. The molecule has 0 aromatic heterocycles. The molecule has 0 saturated heterocycles. The van der Waals surface area contributed by atoms with Crippen LogP contribution in [0.3, 0.4) is 0 Å². The topological polar surface area (TPSA) is 244 Å². The number of benzene rings is 10. The monoisotopic (exact) mass is 1720 g/mol. The van der Waals surface area contributed by atoms with Crippen molar-refractivity contribution in [1.82, 2.24) is 0 Å². The number of carbonyl (C=O) groups excluding carboxylic acids is 4. The number of alkyl halides is 4. The molecule has 14 nitrogen and oxygen atoms in total. The molecule has 0 spiro atoms. The van der Waals surface area contributed by atoms with Crippen molar-refractivity contribution in [2.45, 2.75) is 0 Å². The van der Waals surface area contributed by atoms with E-state index in [0.29, 0.717) is 91.0 Å². The normalized spacial score (nSPS) is 10.2. The van der Waals surface area contributed by atoms with Crippen LogP contribution in [0.4, 0.5) is 0 Å². The number of halogens is 4. The van der Waals surface area contributed by atoms with Crippen LogP contribution in [0.25, 0.3) is 23.0 Å². The average Bonchev–Trinajstić information content (AvgIpc) is 0.958. The molecule has 0 aliphatic carbocycles. The van der Waals surface area contributed by atoms with E-state index < -0.39 is 0 Å². The molecule has 0 heterocycles. The number of rotatable bonds is 18. The van der Waals surface area contributed by atoms with E-state index in [1.165, 1.54) is 28.4 Å². The van der Waals surface area contributed by atoms with E-state index in [-0.39, 0.29) is 134 Å². The minimum atomic E-state index is -0.264. The van der Waals surface area contributed by atoms with Gasteiger partial charge >= 0.3 is 76.3 Å². The van der Waals surface area contributed by atoms with E-state index in [2.05, 4.69) is 0 Å². The molecule has 10 aromatic rings. The van der Waals surface area contributed by atoms with Crippen molar-refractivity contribution < 1.29 is 145 Å². The van der Waals surface area contributed by atoms with E-state index in [9.17, 15) is 49.8 Å². The van der Waals surface area contributed by atoms with Crippen molar-refractivity contribution in [3.63, 3.8) is 0 Å². The second kappa shape index (κ2) is 54.4. The van der Waals surface area contributed by atoms with Crippen LogP contribution in [0, 0.1) is 76.3 Å². The second-order valence-corrected chi connectivity index (χ2v) is 20.7. The third kappa shape index (κ3) is 35.0. The maximum Gasteiger partial charge on any atom is 3.00 e. The summed E-state index contributed by atoms with van der Waals surface area (Å²) in [4.78, 5) is 47.0. The smallest absolute Gasteiger partial charge is 0.872 e. The van der Waals surface area contributed by atoms with Crippen molar-refractivity contribution in [2.75, 3.05) is 52.0 Å². The van der Waals surface area contributed by atoms with Crippen molar-refractivity contribution in [3.8, 4) is 34.5 Å². The molecule has 100 heavy (non-hydrogen) atoms. The number of para-hydroxylation sites is 2. The Morgan fingerprint density at radius 3 is 0.530 bits per heavy atom. The molecule has 0 saturated carbocycles. The Bertz CT molecular complexity index is 3510. The van der Waals surface area contributed by atoms with Crippen LogP contribution in [0.15, 0.2) is 303 Å². The van der Waals surface area contributed by atoms with Crippen LogP contribution in [-0.2, 0) is 0 Å². The molecule has 0 bridgehead atoms. The van der Waals surface area contributed by atoms with Gasteiger partial charge in [-0.05, 0) is 82.3 Å². The van der Waals surface area contributed by atoms with Gasteiger partial charge in [0.15, 0.2) is 23.1 Å². The minimum Gasteiger partial charge on any atom is -0.872 e. The van der Waals surface area contributed by atoms with Gasteiger partial charge in [-0.25, -0.2) is 0 Å². The zero-order chi connectivity index (χ0) is 71.7. The Morgan fingerprint density at radius 1 is 0.260 bits per heavy atom. The fourth-order valence-electron chi connectivity index (χ4n) is 7.60. The van der Waals surface area contributed by atoms with Crippen LogP contribution in [0.5, 0.6) is 34.5 Å². The zero-order valence-electron chi connectivity index (χ0n) is 54.6. The average molecular weight is 1720 g/mol. The Hall–Kier alpha value is -8.45. The van der Waals surface area contributed by atoms with Gasteiger partial charge in [-0.15, -0.1) is 46.4 Å². The first-order valence-electron chi connectivity index (χ1n) is 29.6. The summed E-state index contributed by atoms with van der Waals surface area (Å²) in [6.45, 7) is 0. The predicted molar refractivity (Wildman–Crippen MR) is 382 cm³/mol. The number of methoxy groups -OCH3 is 4. The van der Waals surface area contributed by atoms with Crippen molar-refractivity contribution in [1.29, 1.82) is 0 Å². The van der Waals surface area contributed by atoms with Gasteiger partial charge in [0.2, 0.25) is 0 Å². The number of ketones is 4. The molecular formula is C80H70Cl4Dy2O14. The number of carbonyl (C=O) groups is 4. The summed E-state index contributed by atoms with van der Waals surface area (Å²) >= 11 is 20.2. The predicted octanol–water partition coefficient (Wildman–Crippen LogP) is 13.6. The van der Waals surface area contributed by atoms with Gasteiger partial charge in [0.1, 0.15) is 23.0 Å². The van der Waals surface area contributed by atoms with E-state index in [1.54, 1.807) is 231 Å². The molecule has 10 aromatic carbocycles. The van der Waals surface area contributed by atoms with Crippen LogP contribution in [0.2, 0.25) is 0 Å². The Morgan fingerprint density at radius 2 is 0.400 bits per heavy atom. The summed E-state index contributed by atoms with van der Waals surface area (Å²) in [5, 5.41) is 69.4. The second-order valence-electron chi connectivity index (χ2n) is 19.2.